The standard InChI is InChI=1S/C19H14ClN3O3/c20-14-6-5-11(10-16(14)23-17(24)7-8-18(23)25)9-15-12-3-1-2-4-13(12)19(26)22-21-15/h1-8,10,24-25H,9H2,(H,22,26). The van der Waals surface area contributed by atoms with Gasteiger partial charge in [0.05, 0.1) is 21.8 Å². The van der Waals surface area contributed by atoms with Crippen molar-refractivity contribution >= 4 is 22.4 Å². The quantitative estimate of drug-likeness (QED) is 0.517. The molecule has 0 saturated carbocycles. The van der Waals surface area contributed by atoms with Crippen molar-refractivity contribution in [3.05, 3.63) is 81.2 Å². The number of nitrogens with one attached hydrogen (secondary N) is 1. The number of nitrogens with zero attached hydrogens (tertiary/aromatic N) is 2. The zero-order valence-corrected chi connectivity index (χ0v) is 14.2. The Morgan fingerprint density at radius 3 is 2.42 bits per heavy atom. The van der Waals surface area contributed by atoms with Crippen molar-refractivity contribution < 1.29 is 10.2 Å². The van der Waals surface area contributed by atoms with Gasteiger partial charge in [-0.15, -0.1) is 0 Å². The highest BCUT2D eigenvalue weighted by molar-refractivity contribution is 6.32. The second-order valence-corrected chi connectivity index (χ2v) is 6.30. The molecule has 3 N–H and O–H groups in total. The molecule has 0 aliphatic carbocycles. The Hall–Kier alpha value is -3.25. The molecule has 2 heterocycles. The van der Waals surface area contributed by atoms with E-state index in [4.69, 9.17) is 11.6 Å². The third-order valence-corrected chi connectivity index (χ3v) is 4.56. The van der Waals surface area contributed by atoms with Crippen LogP contribution in [0.1, 0.15) is 11.3 Å². The Kier molecular flexibility index (Phi) is 3.89. The number of H-pyrrole nitrogens is 1. The molecule has 4 aromatic rings. The SMILES string of the molecule is O=c1[nH]nc(Cc2ccc(Cl)c(-n3c(O)ccc3O)c2)c2ccccc12. The molecule has 0 amide bonds. The van der Waals surface area contributed by atoms with Gasteiger partial charge in [0.25, 0.3) is 5.56 Å². The van der Waals surface area contributed by atoms with Gasteiger partial charge in [-0.2, -0.15) is 5.10 Å². The second kappa shape index (κ2) is 6.24. The highest BCUT2D eigenvalue weighted by Crippen LogP contribution is 2.32. The van der Waals surface area contributed by atoms with E-state index in [9.17, 15) is 15.0 Å². The van der Waals surface area contributed by atoms with E-state index < -0.39 is 0 Å². The molecule has 130 valence electrons. The van der Waals surface area contributed by atoms with Crippen molar-refractivity contribution in [2.24, 2.45) is 0 Å². The summed E-state index contributed by atoms with van der Waals surface area (Å²) < 4.78 is 1.25. The maximum Gasteiger partial charge on any atom is 0.272 e. The van der Waals surface area contributed by atoms with E-state index >= 15 is 0 Å². The van der Waals surface area contributed by atoms with Crippen LogP contribution in [0.2, 0.25) is 5.02 Å². The van der Waals surface area contributed by atoms with Crippen molar-refractivity contribution in [1.29, 1.82) is 0 Å². The highest BCUT2D eigenvalue weighted by atomic mass is 35.5. The maximum atomic E-state index is 11.9. The van der Waals surface area contributed by atoms with Crippen LogP contribution < -0.4 is 5.56 Å². The van der Waals surface area contributed by atoms with Crippen molar-refractivity contribution in [2.45, 2.75) is 6.42 Å². The lowest BCUT2D eigenvalue weighted by Crippen LogP contribution is -2.11. The van der Waals surface area contributed by atoms with Gasteiger partial charge in [0.2, 0.25) is 0 Å². The molecule has 0 spiro atoms. The lowest BCUT2D eigenvalue weighted by atomic mass is 10.0. The first-order chi connectivity index (χ1) is 12.5. The predicted molar refractivity (Wildman–Crippen MR) is 99.3 cm³/mol. The summed E-state index contributed by atoms with van der Waals surface area (Å²) in [4.78, 5) is 11.9. The lowest BCUT2D eigenvalue weighted by Gasteiger charge is -2.11. The van der Waals surface area contributed by atoms with Gasteiger partial charge in [0, 0.05) is 23.9 Å². The molecule has 6 nitrogen and oxygen atoms in total. The average Bonchev–Trinajstić information content (AvgIpc) is 2.98. The van der Waals surface area contributed by atoms with Crippen LogP contribution in [0.25, 0.3) is 16.5 Å². The van der Waals surface area contributed by atoms with Crippen LogP contribution in [0.15, 0.2) is 59.4 Å². The van der Waals surface area contributed by atoms with E-state index in [1.807, 2.05) is 18.2 Å². The van der Waals surface area contributed by atoms with E-state index in [2.05, 4.69) is 10.2 Å². The fraction of sp³-hybridized carbons (Fsp3) is 0.0526. The Balaban J connectivity index is 1.81. The summed E-state index contributed by atoms with van der Waals surface area (Å²) in [7, 11) is 0. The fourth-order valence-corrected chi connectivity index (χ4v) is 3.20. The summed E-state index contributed by atoms with van der Waals surface area (Å²) in [6, 6.07) is 15.3. The summed E-state index contributed by atoms with van der Waals surface area (Å²) in [6.45, 7) is 0. The normalized spacial score (nSPS) is 11.1. The average molecular weight is 368 g/mol. The smallest absolute Gasteiger partial charge is 0.272 e. The molecular formula is C19H14ClN3O3. The Morgan fingerprint density at radius 2 is 1.69 bits per heavy atom. The van der Waals surface area contributed by atoms with Crippen LogP contribution in [-0.4, -0.2) is 25.0 Å². The summed E-state index contributed by atoms with van der Waals surface area (Å²) in [5.41, 5.74) is 1.80. The number of hydrogen-bond acceptors (Lipinski definition) is 4. The number of aromatic amines is 1. The minimum Gasteiger partial charge on any atom is -0.494 e. The van der Waals surface area contributed by atoms with Gasteiger partial charge in [0.1, 0.15) is 0 Å². The molecule has 0 aliphatic rings. The van der Waals surface area contributed by atoms with E-state index in [1.54, 1.807) is 24.3 Å². The Labute approximate surface area is 152 Å². The molecule has 0 radical (unpaired) electrons. The predicted octanol–water partition coefficient (Wildman–Crippen LogP) is 3.37. The van der Waals surface area contributed by atoms with E-state index in [-0.39, 0.29) is 17.3 Å². The molecule has 7 heteroatoms. The first-order valence-corrected chi connectivity index (χ1v) is 8.27. The van der Waals surface area contributed by atoms with Crippen LogP contribution in [0.5, 0.6) is 11.8 Å². The minimum atomic E-state index is -0.233. The number of fused-ring (bicyclic) bond motifs is 1. The lowest BCUT2D eigenvalue weighted by molar-refractivity contribution is 0.402. The van der Waals surface area contributed by atoms with Crippen molar-refractivity contribution in [1.82, 2.24) is 14.8 Å². The van der Waals surface area contributed by atoms with Gasteiger partial charge in [-0.05, 0) is 23.8 Å². The topological polar surface area (TPSA) is 91.1 Å². The Morgan fingerprint density at radius 1 is 1.00 bits per heavy atom. The molecular weight excluding hydrogens is 354 g/mol. The van der Waals surface area contributed by atoms with Crippen LogP contribution in [0, 0.1) is 0 Å². The Bertz CT molecular complexity index is 1160. The molecule has 26 heavy (non-hydrogen) atoms. The molecule has 0 fully saturated rings. The zero-order valence-electron chi connectivity index (χ0n) is 13.5. The van der Waals surface area contributed by atoms with Gasteiger partial charge in [-0.1, -0.05) is 35.9 Å². The molecule has 2 aromatic heterocycles. The van der Waals surface area contributed by atoms with E-state index in [0.717, 1.165) is 16.6 Å². The minimum absolute atomic E-state index is 0.117. The van der Waals surface area contributed by atoms with E-state index in [1.165, 1.54) is 16.7 Å². The van der Waals surface area contributed by atoms with E-state index in [0.29, 0.717) is 22.5 Å². The van der Waals surface area contributed by atoms with Gasteiger partial charge < -0.3 is 10.2 Å². The van der Waals surface area contributed by atoms with Gasteiger partial charge in [0.15, 0.2) is 11.8 Å². The number of benzene rings is 2. The highest BCUT2D eigenvalue weighted by Gasteiger charge is 2.14. The summed E-state index contributed by atoms with van der Waals surface area (Å²) in [5, 5.41) is 28.3. The second-order valence-electron chi connectivity index (χ2n) is 5.89. The van der Waals surface area contributed by atoms with Crippen LogP contribution in [-0.2, 0) is 6.42 Å². The van der Waals surface area contributed by atoms with Crippen molar-refractivity contribution in [3.8, 4) is 17.4 Å². The zero-order chi connectivity index (χ0) is 18.3. The third kappa shape index (κ3) is 2.70. The molecule has 2 aromatic carbocycles. The molecule has 4 rings (SSSR count). The van der Waals surface area contributed by atoms with Crippen LogP contribution in [0.3, 0.4) is 0 Å². The van der Waals surface area contributed by atoms with Crippen LogP contribution in [0.4, 0.5) is 0 Å². The first kappa shape index (κ1) is 16.2. The summed E-state index contributed by atoms with van der Waals surface area (Å²) in [5.74, 6) is -0.233. The molecule has 0 aliphatic heterocycles. The number of rotatable bonds is 3. The summed E-state index contributed by atoms with van der Waals surface area (Å²) >= 11 is 6.24. The summed E-state index contributed by atoms with van der Waals surface area (Å²) in [6.07, 6.45) is 0.449. The number of aromatic nitrogens is 3. The van der Waals surface area contributed by atoms with Crippen molar-refractivity contribution in [3.63, 3.8) is 0 Å². The number of hydrogen-bond donors (Lipinski definition) is 3. The van der Waals surface area contributed by atoms with Crippen LogP contribution >= 0.6 is 11.6 Å². The molecule has 0 unspecified atom stereocenters. The molecule has 0 saturated heterocycles. The largest absolute Gasteiger partial charge is 0.494 e. The molecule has 0 bridgehead atoms. The molecule has 0 atom stereocenters. The monoisotopic (exact) mass is 367 g/mol. The third-order valence-electron chi connectivity index (χ3n) is 4.24. The first-order valence-electron chi connectivity index (χ1n) is 7.89. The maximum absolute atomic E-state index is 11.9. The van der Waals surface area contributed by atoms with Gasteiger partial charge >= 0.3 is 0 Å². The van der Waals surface area contributed by atoms with Crippen molar-refractivity contribution in [2.75, 3.05) is 0 Å². The number of aromatic hydroxyl groups is 2. The van der Waals surface area contributed by atoms with Gasteiger partial charge in [-0.3, -0.25) is 9.36 Å². The number of halogens is 1. The fourth-order valence-electron chi connectivity index (χ4n) is 3.00. The van der Waals surface area contributed by atoms with Gasteiger partial charge in [-0.25, -0.2) is 5.10 Å².